The lowest BCUT2D eigenvalue weighted by Crippen LogP contribution is -2.35. The molecule has 24 heavy (non-hydrogen) atoms. The van der Waals surface area contributed by atoms with Crippen LogP contribution in [0.1, 0.15) is 35.3 Å². The topological polar surface area (TPSA) is 62.3 Å². The van der Waals surface area contributed by atoms with E-state index in [0.29, 0.717) is 24.9 Å². The number of nitrogens with zero attached hydrogens (tertiary/aromatic N) is 2. The summed E-state index contributed by atoms with van der Waals surface area (Å²) in [5.41, 5.74) is 2.42. The highest BCUT2D eigenvalue weighted by atomic mass is 16.2. The van der Waals surface area contributed by atoms with Crippen molar-refractivity contribution in [2.24, 2.45) is 0 Å². The molecular formula is C19H21N3O2. The fraction of sp³-hybridized carbons (Fsp3) is 0.316. The number of pyridine rings is 1. The zero-order chi connectivity index (χ0) is 16.8. The molecule has 1 N–H and O–H groups in total. The van der Waals surface area contributed by atoms with Gasteiger partial charge in [-0.2, -0.15) is 0 Å². The molecule has 0 atom stereocenters. The smallest absolute Gasteiger partial charge is 0.251 e. The maximum atomic E-state index is 12.2. The number of piperidine rings is 1. The Morgan fingerprint density at radius 1 is 1.12 bits per heavy atom. The van der Waals surface area contributed by atoms with Crippen molar-refractivity contribution in [3.05, 3.63) is 59.9 Å². The summed E-state index contributed by atoms with van der Waals surface area (Å²) in [5.74, 6) is 0.0521. The molecule has 1 aliphatic rings. The van der Waals surface area contributed by atoms with Gasteiger partial charge in [0.1, 0.15) is 0 Å². The lowest BCUT2D eigenvalue weighted by molar-refractivity contribution is -0.119. The summed E-state index contributed by atoms with van der Waals surface area (Å²) in [6.07, 6.45) is 5.05. The molecule has 0 radical (unpaired) electrons. The average Bonchev–Trinajstić information content (AvgIpc) is 2.63. The van der Waals surface area contributed by atoms with Gasteiger partial charge in [-0.3, -0.25) is 14.6 Å². The molecule has 0 unspecified atom stereocenters. The van der Waals surface area contributed by atoms with Gasteiger partial charge in [0.15, 0.2) is 0 Å². The van der Waals surface area contributed by atoms with Crippen LogP contribution in [0.4, 0.5) is 5.69 Å². The van der Waals surface area contributed by atoms with E-state index in [-0.39, 0.29) is 11.8 Å². The van der Waals surface area contributed by atoms with Crippen molar-refractivity contribution in [3.8, 4) is 0 Å². The van der Waals surface area contributed by atoms with Crippen LogP contribution in [0, 0.1) is 0 Å². The fourth-order valence-electron chi connectivity index (χ4n) is 2.82. The molecule has 0 aliphatic carbocycles. The Hall–Kier alpha value is -2.69. The van der Waals surface area contributed by atoms with Crippen LogP contribution >= 0.6 is 0 Å². The fourth-order valence-corrected chi connectivity index (χ4v) is 2.82. The van der Waals surface area contributed by atoms with Crippen molar-refractivity contribution in [1.29, 1.82) is 0 Å². The Balaban J connectivity index is 1.54. The van der Waals surface area contributed by atoms with Crippen molar-refractivity contribution < 1.29 is 9.59 Å². The second kappa shape index (κ2) is 7.73. The number of hydrogen-bond donors (Lipinski definition) is 1. The lowest BCUT2D eigenvalue weighted by Gasteiger charge is -2.26. The normalized spacial score (nSPS) is 14.5. The summed E-state index contributed by atoms with van der Waals surface area (Å²) in [4.78, 5) is 30.1. The summed E-state index contributed by atoms with van der Waals surface area (Å²) < 4.78 is 0. The Bertz CT molecular complexity index is 698. The van der Waals surface area contributed by atoms with Crippen molar-refractivity contribution in [2.45, 2.75) is 25.7 Å². The van der Waals surface area contributed by atoms with Crippen LogP contribution in [0.15, 0.2) is 48.7 Å². The number of carbonyl (C=O) groups excluding carboxylic acids is 2. The number of anilines is 1. The second-order valence-corrected chi connectivity index (χ2v) is 5.88. The van der Waals surface area contributed by atoms with Gasteiger partial charge in [0.05, 0.1) is 0 Å². The second-order valence-electron chi connectivity index (χ2n) is 5.88. The summed E-state index contributed by atoms with van der Waals surface area (Å²) >= 11 is 0. The van der Waals surface area contributed by atoms with Gasteiger partial charge in [-0.1, -0.05) is 6.07 Å². The summed E-state index contributed by atoms with van der Waals surface area (Å²) in [5, 5.41) is 2.90. The number of benzene rings is 1. The molecule has 0 bridgehead atoms. The molecule has 3 rings (SSSR count). The number of nitrogens with one attached hydrogen (secondary N) is 1. The van der Waals surface area contributed by atoms with Crippen molar-refractivity contribution in [2.75, 3.05) is 18.0 Å². The molecular weight excluding hydrogens is 302 g/mol. The van der Waals surface area contributed by atoms with Gasteiger partial charge in [-0.15, -0.1) is 0 Å². The van der Waals surface area contributed by atoms with Crippen LogP contribution in [-0.4, -0.2) is 29.9 Å². The Morgan fingerprint density at radius 2 is 1.96 bits per heavy atom. The third-order valence-electron chi connectivity index (χ3n) is 4.16. The number of aromatic nitrogens is 1. The summed E-state index contributed by atoms with van der Waals surface area (Å²) in [6.45, 7) is 1.30. The predicted molar refractivity (Wildman–Crippen MR) is 92.9 cm³/mol. The molecule has 124 valence electrons. The average molecular weight is 323 g/mol. The first-order valence-corrected chi connectivity index (χ1v) is 8.32. The summed E-state index contributed by atoms with van der Waals surface area (Å²) in [6, 6.07) is 13.0. The minimum atomic E-state index is -0.109. The molecule has 2 heterocycles. The highest BCUT2D eigenvalue weighted by molar-refractivity contribution is 5.96. The van der Waals surface area contributed by atoms with E-state index in [9.17, 15) is 9.59 Å². The first-order valence-electron chi connectivity index (χ1n) is 8.32. The van der Waals surface area contributed by atoms with E-state index in [1.54, 1.807) is 23.2 Å². The number of hydrogen-bond acceptors (Lipinski definition) is 3. The Kier molecular flexibility index (Phi) is 5.21. The van der Waals surface area contributed by atoms with E-state index in [2.05, 4.69) is 10.3 Å². The van der Waals surface area contributed by atoms with E-state index < -0.39 is 0 Å². The monoisotopic (exact) mass is 323 g/mol. The highest BCUT2D eigenvalue weighted by Crippen LogP contribution is 2.21. The third-order valence-corrected chi connectivity index (χ3v) is 4.16. The molecule has 1 aromatic carbocycles. The zero-order valence-electron chi connectivity index (χ0n) is 13.6. The Labute approximate surface area is 141 Å². The number of rotatable bonds is 5. The molecule has 1 aromatic heterocycles. The van der Waals surface area contributed by atoms with Gasteiger partial charge in [0, 0.05) is 49.1 Å². The molecule has 5 nitrogen and oxygen atoms in total. The van der Waals surface area contributed by atoms with Gasteiger partial charge in [-0.25, -0.2) is 0 Å². The molecule has 1 saturated heterocycles. The van der Waals surface area contributed by atoms with Gasteiger partial charge >= 0.3 is 0 Å². The highest BCUT2D eigenvalue weighted by Gasteiger charge is 2.19. The first-order chi connectivity index (χ1) is 11.7. The van der Waals surface area contributed by atoms with Crippen LogP contribution in [0.5, 0.6) is 0 Å². The minimum Gasteiger partial charge on any atom is -0.352 e. The minimum absolute atomic E-state index is 0.109. The molecule has 2 aromatic rings. The standard InChI is InChI=1S/C19H21N3O2/c23-18-6-2-4-14-22(18)17-9-7-15(8-10-17)19(24)21-13-11-16-5-1-3-12-20-16/h1,3,5,7-10,12H,2,4,6,11,13-14H2,(H,21,24). The van der Waals surface area contributed by atoms with Gasteiger partial charge in [0.2, 0.25) is 5.91 Å². The zero-order valence-corrected chi connectivity index (χ0v) is 13.6. The van der Waals surface area contributed by atoms with E-state index in [1.807, 2.05) is 30.3 Å². The molecule has 1 fully saturated rings. The van der Waals surface area contributed by atoms with Crippen LogP contribution in [-0.2, 0) is 11.2 Å². The molecule has 5 heteroatoms. The Morgan fingerprint density at radius 3 is 2.67 bits per heavy atom. The lowest BCUT2D eigenvalue weighted by atomic mass is 10.1. The van der Waals surface area contributed by atoms with Gasteiger partial charge in [0.25, 0.3) is 5.91 Å². The molecule has 0 saturated carbocycles. The summed E-state index contributed by atoms with van der Waals surface area (Å²) in [7, 11) is 0. The van der Waals surface area contributed by atoms with E-state index in [4.69, 9.17) is 0 Å². The van der Waals surface area contributed by atoms with Crippen molar-refractivity contribution in [3.63, 3.8) is 0 Å². The number of carbonyl (C=O) groups is 2. The van der Waals surface area contributed by atoms with E-state index in [1.165, 1.54) is 0 Å². The first kappa shape index (κ1) is 16.2. The largest absolute Gasteiger partial charge is 0.352 e. The maximum Gasteiger partial charge on any atom is 0.251 e. The van der Waals surface area contributed by atoms with Crippen LogP contribution < -0.4 is 10.2 Å². The van der Waals surface area contributed by atoms with Crippen molar-refractivity contribution >= 4 is 17.5 Å². The quantitative estimate of drug-likeness (QED) is 0.920. The van der Waals surface area contributed by atoms with Crippen molar-refractivity contribution in [1.82, 2.24) is 10.3 Å². The van der Waals surface area contributed by atoms with Gasteiger partial charge < -0.3 is 10.2 Å². The van der Waals surface area contributed by atoms with E-state index in [0.717, 1.165) is 30.8 Å². The van der Waals surface area contributed by atoms with Crippen LogP contribution in [0.25, 0.3) is 0 Å². The van der Waals surface area contributed by atoms with E-state index >= 15 is 0 Å². The van der Waals surface area contributed by atoms with Gasteiger partial charge in [-0.05, 0) is 49.2 Å². The SMILES string of the molecule is O=C(NCCc1ccccn1)c1ccc(N2CCCCC2=O)cc1. The predicted octanol–water partition coefficient (Wildman–Crippen LogP) is 2.57. The third kappa shape index (κ3) is 3.98. The number of amides is 2. The molecule has 0 spiro atoms. The molecule has 1 aliphatic heterocycles. The maximum absolute atomic E-state index is 12.2. The molecule has 2 amide bonds. The van der Waals surface area contributed by atoms with Crippen LogP contribution in [0.3, 0.4) is 0 Å². The van der Waals surface area contributed by atoms with Crippen LogP contribution in [0.2, 0.25) is 0 Å².